The van der Waals surface area contributed by atoms with Gasteiger partial charge >= 0.3 is 0 Å². The number of primary sulfonamides is 1. The fourth-order valence-corrected chi connectivity index (χ4v) is 3.58. The molecule has 0 aliphatic rings. The maximum atomic E-state index is 12.2. The number of nitrogens with one attached hydrogen (secondary N) is 2. The minimum absolute atomic E-state index is 0.103. The van der Waals surface area contributed by atoms with Gasteiger partial charge in [-0.25, -0.2) is 22.0 Å². The third kappa shape index (κ3) is 6.30. The summed E-state index contributed by atoms with van der Waals surface area (Å²) in [4.78, 5) is 0.103. The maximum Gasteiger partial charge on any atom is 0.238 e. The molecule has 4 N–H and O–H groups in total. The Balaban J connectivity index is 1.82. The Morgan fingerprint density at radius 2 is 1.39 bits per heavy atom. The van der Waals surface area contributed by atoms with Gasteiger partial charge in [0.1, 0.15) is 0 Å². The third-order valence-corrected chi connectivity index (χ3v) is 7.23. The first-order chi connectivity index (χ1) is 12.9. The third-order valence-electron chi connectivity index (χ3n) is 4.18. The summed E-state index contributed by atoms with van der Waals surface area (Å²) in [5, 5.41) is 8.39. The average Bonchev–Trinajstić information content (AvgIpc) is 2.58. The van der Waals surface area contributed by atoms with Crippen molar-refractivity contribution in [3.8, 4) is 0 Å². The van der Waals surface area contributed by atoms with Crippen LogP contribution in [0.1, 0.15) is 31.9 Å². The van der Waals surface area contributed by atoms with Crippen molar-refractivity contribution >= 4 is 25.7 Å². The van der Waals surface area contributed by atoms with Gasteiger partial charge in [-0.05, 0) is 69.1 Å². The van der Waals surface area contributed by atoms with Crippen molar-refractivity contribution in [3.63, 3.8) is 0 Å². The highest BCUT2D eigenvalue weighted by atomic mass is 32.2. The lowest BCUT2D eigenvalue weighted by molar-refractivity contribution is 0.566. The van der Waals surface area contributed by atoms with Gasteiger partial charge in [-0.2, -0.15) is 0 Å². The first-order valence-electron chi connectivity index (χ1n) is 8.82. The first-order valence-corrected chi connectivity index (χ1v) is 11.9. The van der Waals surface area contributed by atoms with Crippen LogP contribution in [0, 0.1) is 0 Å². The fraction of sp³-hybridized carbons (Fsp3) is 0.368. The second-order valence-corrected chi connectivity index (χ2v) is 11.5. The van der Waals surface area contributed by atoms with E-state index in [0.717, 1.165) is 17.5 Å². The Labute approximate surface area is 167 Å². The largest absolute Gasteiger partial charge is 0.312 e. The zero-order valence-electron chi connectivity index (χ0n) is 16.3. The lowest BCUT2D eigenvalue weighted by atomic mass is 10.1. The van der Waals surface area contributed by atoms with Gasteiger partial charge in [0.05, 0.1) is 9.64 Å². The van der Waals surface area contributed by atoms with Crippen LogP contribution in [0.4, 0.5) is 5.69 Å². The summed E-state index contributed by atoms with van der Waals surface area (Å²) < 4.78 is 48.5. The molecule has 0 bridgehead atoms. The fourth-order valence-electron chi connectivity index (χ4n) is 2.31. The molecule has 2 aromatic carbocycles. The van der Waals surface area contributed by atoms with Gasteiger partial charge < -0.3 is 5.32 Å². The number of hydrogen-bond donors (Lipinski definition) is 3. The van der Waals surface area contributed by atoms with Crippen molar-refractivity contribution < 1.29 is 16.8 Å². The Bertz CT molecular complexity index is 993. The van der Waals surface area contributed by atoms with E-state index in [0.29, 0.717) is 18.8 Å². The van der Waals surface area contributed by atoms with Crippen LogP contribution >= 0.6 is 0 Å². The number of sulfonamides is 2. The van der Waals surface area contributed by atoms with Gasteiger partial charge in [-0.15, -0.1) is 0 Å². The second-order valence-electron chi connectivity index (χ2n) is 7.53. The van der Waals surface area contributed by atoms with Crippen LogP contribution in [0.25, 0.3) is 0 Å². The summed E-state index contributed by atoms with van der Waals surface area (Å²) in [6.45, 7) is 6.30. The average molecular weight is 426 g/mol. The number of nitrogens with two attached hydrogens (primary N) is 1. The standard InChI is InChI=1S/C19H27N3O4S2/c1-19(2,3)28(25,26)22-17-8-4-16(5-9-17)14-21-13-12-15-6-10-18(11-7-15)27(20,23)24/h4-11,21-22H,12-14H2,1-3H3,(H2,20,23,24). The zero-order valence-corrected chi connectivity index (χ0v) is 17.9. The molecule has 0 unspecified atom stereocenters. The molecule has 0 saturated heterocycles. The van der Waals surface area contributed by atoms with Gasteiger partial charge in [0.15, 0.2) is 0 Å². The van der Waals surface area contributed by atoms with E-state index >= 15 is 0 Å². The van der Waals surface area contributed by atoms with Gasteiger partial charge in [0.2, 0.25) is 20.0 Å². The molecule has 2 aromatic rings. The van der Waals surface area contributed by atoms with Crippen molar-refractivity contribution in [2.45, 2.75) is 43.4 Å². The Morgan fingerprint density at radius 1 is 0.857 bits per heavy atom. The van der Waals surface area contributed by atoms with Gasteiger partial charge in [0, 0.05) is 12.2 Å². The van der Waals surface area contributed by atoms with Crippen molar-refractivity contribution in [2.75, 3.05) is 11.3 Å². The molecule has 0 amide bonds. The van der Waals surface area contributed by atoms with Crippen LogP contribution in [0.2, 0.25) is 0 Å². The van der Waals surface area contributed by atoms with Crippen LogP contribution in [0.15, 0.2) is 53.4 Å². The molecule has 0 heterocycles. The topological polar surface area (TPSA) is 118 Å². The molecule has 154 valence electrons. The van der Waals surface area contributed by atoms with Crippen LogP contribution in [0.5, 0.6) is 0 Å². The van der Waals surface area contributed by atoms with Crippen molar-refractivity contribution in [1.82, 2.24) is 5.32 Å². The Kier molecular flexibility index (Phi) is 6.87. The molecule has 0 aliphatic carbocycles. The SMILES string of the molecule is CC(C)(C)S(=O)(=O)Nc1ccc(CNCCc2ccc(S(N)(=O)=O)cc2)cc1. The van der Waals surface area contributed by atoms with E-state index in [1.54, 1.807) is 45.0 Å². The van der Waals surface area contributed by atoms with E-state index in [1.807, 2.05) is 12.1 Å². The smallest absolute Gasteiger partial charge is 0.238 e. The predicted molar refractivity (Wildman–Crippen MR) is 112 cm³/mol. The molecule has 0 aliphatic heterocycles. The summed E-state index contributed by atoms with van der Waals surface area (Å²) in [5.74, 6) is 0. The van der Waals surface area contributed by atoms with Crippen molar-refractivity contribution in [1.29, 1.82) is 0 Å². The van der Waals surface area contributed by atoms with Crippen LogP contribution < -0.4 is 15.2 Å². The molecular formula is C19H27N3O4S2. The first kappa shape index (κ1) is 22.4. The quantitative estimate of drug-likeness (QED) is 0.560. The molecule has 7 nitrogen and oxygen atoms in total. The van der Waals surface area contributed by atoms with E-state index in [1.165, 1.54) is 12.1 Å². The van der Waals surface area contributed by atoms with Gasteiger partial charge in [0.25, 0.3) is 0 Å². The molecule has 0 fully saturated rings. The van der Waals surface area contributed by atoms with E-state index < -0.39 is 24.8 Å². The van der Waals surface area contributed by atoms with E-state index in [2.05, 4.69) is 10.0 Å². The summed E-state index contributed by atoms with van der Waals surface area (Å²) in [7, 11) is -7.10. The molecule has 2 rings (SSSR count). The van der Waals surface area contributed by atoms with Crippen LogP contribution in [-0.2, 0) is 33.0 Å². The highest BCUT2D eigenvalue weighted by Gasteiger charge is 2.28. The molecule has 9 heteroatoms. The summed E-state index contributed by atoms with van der Waals surface area (Å²) >= 11 is 0. The normalized spacial score (nSPS) is 12.7. The van der Waals surface area contributed by atoms with E-state index in [4.69, 9.17) is 5.14 Å². The highest BCUT2D eigenvalue weighted by Crippen LogP contribution is 2.19. The van der Waals surface area contributed by atoms with Crippen molar-refractivity contribution in [3.05, 3.63) is 59.7 Å². The number of hydrogen-bond acceptors (Lipinski definition) is 5. The zero-order chi connectivity index (χ0) is 21.0. The summed E-state index contributed by atoms with van der Waals surface area (Å²) in [6.07, 6.45) is 0.744. The van der Waals surface area contributed by atoms with E-state index in [9.17, 15) is 16.8 Å². The number of benzene rings is 2. The molecule has 0 radical (unpaired) electrons. The molecule has 0 saturated carbocycles. The maximum absolute atomic E-state index is 12.2. The minimum Gasteiger partial charge on any atom is -0.312 e. The molecule has 0 atom stereocenters. The minimum atomic E-state index is -3.66. The second kappa shape index (κ2) is 8.60. The predicted octanol–water partition coefficient (Wildman–Crippen LogP) is 2.21. The van der Waals surface area contributed by atoms with Gasteiger partial charge in [-0.1, -0.05) is 24.3 Å². The number of anilines is 1. The van der Waals surface area contributed by atoms with E-state index in [-0.39, 0.29) is 4.90 Å². The number of rotatable bonds is 8. The van der Waals surface area contributed by atoms with Crippen molar-refractivity contribution in [2.24, 2.45) is 5.14 Å². The molecule has 28 heavy (non-hydrogen) atoms. The molecule has 0 spiro atoms. The lowest BCUT2D eigenvalue weighted by Crippen LogP contribution is -2.33. The Hall–Kier alpha value is -1.94. The molecule has 0 aromatic heterocycles. The van der Waals surface area contributed by atoms with Crippen LogP contribution in [-0.4, -0.2) is 28.1 Å². The van der Waals surface area contributed by atoms with Crippen LogP contribution in [0.3, 0.4) is 0 Å². The highest BCUT2D eigenvalue weighted by molar-refractivity contribution is 7.94. The van der Waals surface area contributed by atoms with Gasteiger partial charge in [-0.3, -0.25) is 4.72 Å². The lowest BCUT2D eigenvalue weighted by Gasteiger charge is -2.20. The summed E-state index contributed by atoms with van der Waals surface area (Å²) in [5.41, 5.74) is 2.57. The monoisotopic (exact) mass is 425 g/mol. The summed E-state index contributed by atoms with van der Waals surface area (Å²) in [6, 6.07) is 13.7. The Morgan fingerprint density at radius 3 is 1.89 bits per heavy atom. The molecular weight excluding hydrogens is 398 g/mol.